The molecular formula is C19H20N2O4. The van der Waals surface area contributed by atoms with Crippen LogP contribution in [0.3, 0.4) is 0 Å². The van der Waals surface area contributed by atoms with E-state index < -0.39 is 11.8 Å². The number of fused-ring (bicyclic) bond motifs is 1. The highest BCUT2D eigenvalue weighted by molar-refractivity contribution is 6.39. The molecule has 130 valence electrons. The Balaban J connectivity index is 1.57. The molecule has 6 heteroatoms. The third-order valence-corrected chi connectivity index (χ3v) is 4.05. The smallest absolute Gasteiger partial charge is 0.313 e. The molecule has 0 fully saturated rings. The minimum absolute atomic E-state index is 0.303. The van der Waals surface area contributed by atoms with Gasteiger partial charge in [0.1, 0.15) is 6.61 Å². The molecule has 2 aromatic carbocycles. The van der Waals surface area contributed by atoms with E-state index in [9.17, 15) is 9.59 Å². The quantitative estimate of drug-likeness (QED) is 0.841. The molecule has 0 radical (unpaired) electrons. The van der Waals surface area contributed by atoms with Gasteiger partial charge in [0, 0.05) is 5.69 Å². The number of para-hydroxylation sites is 3. The van der Waals surface area contributed by atoms with Gasteiger partial charge in [0.25, 0.3) is 0 Å². The molecule has 1 aliphatic rings. The molecule has 0 aromatic heterocycles. The summed E-state index contributed by atoms with van der Waals surface area (Å²) in [6.45, 7) is 3.94. The average molecular weight is 340 g/mol. The molecule has 6 nitrogen and oxygen atoms in total. The van der Waals surface area contributed by atoms with Crippen molar-refractivity contribution in [3.63, 3.8) is 0 Å². The van der Waals surface area contributed by atoms with Gasteiger partial charge in [0.15, 0.2) is 17.6 Å². The fourth-order valence-corrected chi connectivity index (χ4v) is 2.54. The van der Waals surface area contributed by atoms with Crippen LogP contribution < -0.4 is 20.1 Å². The van der Waals surface area contributed by atoms with Crippen molar-refractivity contribution in [1.29, 1.82) is 0 Å². The van der Waals surface area contributed by atoms with Gasteiger partial charge in [0.05, 0.1) is 6.04 Å². The predicted octanol–water partition coefficient (Wildman–Crippen LogP) is 2.28. The van der Waals surface area contributed by atoms with Gasteiger partial charge in [-0.1, -0.05) is 30.3 Å². The lowest BCUT2D eigenvalue weighted by Gasteiger charge is -2.30. The molecule has 0 saturated carbocycles. The molecule has 2 aromatic rings. The molecule has 3 rings (SSSR count). The number of rotatable bonds is 3. The molecule has 0 bridgehead atoms. The van der Waals surface area contributed by atoms with Gasteiger partial charge >= 0.3 is 11.8 Å². The van der Waals surface area contributed by atoms with Crippen LogP contribution >= 0.6 is 0 Å². The summed E-state index contributed by atoms with van der Waals surface area (Å²) in [6, 6.07) is 14.2. The summed E-state index contributed by atoms with van der Waals surface area (Å²) in [5.41, 5.74) is 1.50. The van der Waals surface area contributed by atoms with Crippen molar-refractivity contribution in [2.45, 2.75) is 26.0 Å². The lowest BCUT2D eigenvalue weighted by molar-refractivity contribution is -0.137. The number of anilines is 1. The van der Waals surface area contributed by atoms with Crippen molar-refractivity contribution < 1.29 is 19.1 Å². The van der Waals surface area contributed by atoms with E-state index in [-0.39, 0.29) is 12.1 Å². The summed E-state index contributed by atoms with van der Waals surface area (Å²) in [5.74, 6) is -0.115. The molecule has 2 N–H and O–H groups in total. The largest absolute Gasteiger partial charge is 0.486 e. The van der Waals surface area contributed by atoms with Gasteiger partial charge in [-0.2, -0.15) is 0 Å². The van der Waals surface area contributed by atoms with Crippen LogP contribution in [0, 0.1) is 6.92 Å². The number of ether oxygens (including phenoxy) is 2. The summed E-state index contributed by atoms with van der Waals surface area (Å²) in [4.78, 5) is 24.2. The molecule has 1 heterocycles. The molecule has 0 saturated heterocycles. The van der Waals surface area contributed by atoms with Crippen LogP contribution in [0.4, 0.5) is 5.69 Å². The highest BCUT2D eigenvalue weighted by atomic mass is 16.6. The highest BCUT2D eigenvalue weighted by Crippen LogP contribution is 2.31. The van der Waals surface area contributed by atoms with E-state index in [4.69, 9.17) is 9.47 Å². The molecule has 1 aliphatic heterocycles. The van der Waals surface area contributed by atoms with Crippen molar-refractivity contribution in [1.82, 2.24) is 5.32 Å². The third kappa shape index (κ3) is 3.91. The Morgan fingerprint density at radius 3 is 2.48 bits per heavy atom. The predicted molar refractivity (Wildman–Crippen MR) is 93.8 cm³/mol. The van der Waals surface area contributed by atoms with Gasteiger partial charge < -0.3 is 20.1 Å². The summed E-state index contributed by atoms with van der Waals surface area (Å²) < 4.78 is 11.5. The Bertz CT molecular complexity index is 790. The zero-order valence-electron chi connectivity index (χ0n) is 14.1. The van der Waals surface area contributed by atoms with Gasteiger partial charge in [-0.05, 0) is 37.6 Å². The number of amides is 2. The van der Waals surface area contributed by atoms with Crippen molar-refractivity contribution in [3.05, 3.63) is 54.1 Å². The fourth-order valence-electron chi connectivity index (χ4n) is 2.54. The molecule has 25 heavy (non-hydrogen) atoms. The minimum atomic E-state index is -0.710. The first-order valence-electron chi connectivity index (χ1n) is 8.10. The van der Waals surface area contributed by atoms with Crippen LogP contribution in [-0.2, 0) is 9.59 Å². The Kier molecular flexibility index (Phi) is 4.88. The van der Waals surface area contributed by atoms with E-state index >= 15 is 0 Å². The lowest BCUT2D eigenvalue weighted by Crippen LogP contribution is -2.50. The Hall–Kier alpha value is -3.02. The number of benzene rings is 2. The molecule has 2 atom stereocenters. The average Bonchev–Trinajstić information content (AvgIpc) is 2.63. The number of hydrogen-bond donors (Lipinski definition) is 2. The second-order valence-electron chi connectivity index (χ2n) is 5.95. The van der Waals surface area contributed by atoms with Crippen molar-refractivity contribution in [2.75, 3.05) is 11.9 Å². The maximum atomic E-state index is 12.1. The van der Waals surface area contributed by atoms with Crippen LogP contribution in [0.5, 0.6) is 11.5 Å². The van der Waals surface area contributed by atoms with Gasteiger partial charge in [-0.3, -0.25) is 9.59 Å². The topological polar surface area (TPSA) is 76.7 Å². The standard InChI is InChI=1S/C19H20N2O4/c1-12-7-3-4-8-14(12)21-19(23)18(22)20-13(2)17-11-24-15-9-5-6-10-16(15)25-17/h3-10,13,17H,11H2,1-2H3,(H,20,22)(H,21,23)/t13-,17-/m0/s1. The van der Waals surface area contributed by atoms with Crippen LogP contribution in [0.15, 0.2) is 48.5 Å². The SMILES string of the molecule is Cc1ccccc1NC(=O)C(=O)N[C@@H](C)[C@@H]1COc2ccccc2O1. The molecule has 0 spiro atoms. The van der Waals surface area contributed by atoms with Crippen molar-refractivity contribution in [3.8, 4) is 11.5 Å². The zero-order chi connectivity index (χ0) is 17.8. The number of nitrogens with one attached hydrogen (secondary N) is 2. The second-order valence-corrected chi connectivity index (χ2v) is 5.95. The highest BCUT2D eigenvalue weighted by Gasteiger charge is 2.28. The lowest BCUT2D eigenvalue weighted by atomic mass is 10.1. The Morgan fingerprint density at radius 2 is 1.72 bits per heavy atom. The molecule has 0 unspecified atom stereocenters. The van der Waals surface area contributed by atoms with E-state index in [0.717, 1.165) is 5.56 Å². The summed E-state index contributed by atoms with van der Waals surface area (Å²) in [7, 11) is 0. The number of hydrogen-bond acceptors (Lipinski definition) is 4. The van der Waals surface area contributed by atoms with Crippen LogP contribution in [0.2, 0.25) is 0 Å². The first-order valence-corrected chi connectivity index (χ1v) is 8.10. The molecule has 2 amide bonds. The van der Waals surface area contributed by atoms with E-state index in [1.807, 2.05) is 37.3 Å². The van der Waals surface area contributed by atoms with Gasteiger partial charge in [0.2, 0.25) is 0 Å². The monoisotopic (exact) mass is 340 g/mol. The normalized spacial score (nSPS) is 16.6. The maximum Gasteiger partial charge on any atom is 0.313 e. The number of aryl methyl sites for hydroxylation is 1. The summed E-state index contributed by atoms with van der Waals surface area (Å²) >= 11 is 0. The van der Waals surface area contributed by atoms with E-state index in [1.54, 1.807) is 25.1 Å². The van der Waals surface area contributed by atoms with Crippen LogP contribution in [0.1, 0.15) is 12.5 Å². The minimum Gasteiger partial charge on any atom is -0.486 e. The number of carbonyl (C=O) groups excluding carboxylic acids is 2. The van der Waals surface area contributed by atoms with E-state index in [0.29, 0.717) is 23.8 Å². The fraction of sp³-hybridized carbons (Fsp3) is 0.263. The Labute approximate surface area is 146 Å². The van der Waals surface area contributed by atoms with Crippen LogP contribution in [-0.4, -0.2) is 30.6 Å². The Morgan fingerprint density at radius 1 is 1.04 bits per heavy atom. The van der Waals surface area contributed by atoms with Crippen molar-refractivity contribution >= 4 is 17.5 Å². The molecule has 0 aliphatic carbocycles. The summed E-state index contributed by atoms with van der Waals surface area (Å²) in [6.07, 6.45) is -0.370. The van der Waals surface area contributed by atoms with Crippen LogP contribution in [0.25, 0.3) is 0 Å². The van der Waals surface area contributed by atoms with E-state index in [2.05, 4.69) is 10.6 Å². The van der Waals surface area contributed by atoms with E-state index in [1.165, 1.54) is 0 Å². The molecular weight excluding hydrogens is 320 g/mol. The maximum absolute atomic E-state index is 12.1. The number of carbonyl (C=O) groups is 2. The summed E-state index contributed by atoms with van der Waals surface area (Å²) in [5, 5.41) is 5.27. The van der Waals surface area contributed by atoms with Gasteiger partial charge in [-0.15, -0.1) is 0 Å². The zero-order valence-corrected chi connectivity index (χ0v) is 14.1. The van der Waals surface area contributed by atoms with Gasteiger partial charge in [-0.25, -0.2) is 0 Å². The first kappa shape index (κ1) is 16.8. The third-order valence-electron chi connectivity index (χ3n) is 4.05. The second kappa shape index (κ2) is 7.25. The van der Waals surface area contributed by atoms with Crippen molar-refractivity contribution in [2.24, 2.45) is 0 Å². The first-order chi connectivity index (χ1) is 12.0.